The van der Waals surface area contributed by atoms with Crippen molar-refractivity contribution in [3.63, 3.8) is 0 Å². The first kappa shape index (κ1) is 26.6. The fourth-order valence-corrected chi connectivity index (χ4v) is 3.92. The Balaban J connectivity index is 0.000000605. The molecule has 0 unspecified atom stereocenters. The van der Waals surface area contributed by atoms with Crippen LogP contribution in [0.2, 0.25) is 0 Å². The van der Waals surface area contributed by atoms with Crippen molar-refractivity contribution in [1.82, 2.24) is 9.55 Å². The van der Waals surface area contributed by atoms with Crippen molar-refractivity contribution in [1.29, 1.82) is 0 Å². The van der Waals surface area contributed by atoms with Crippen LogP contribution in [0.3, 0.4) is 0 Å². The highest BCUT2D eigenvalue weighted by Crippen LogP contribution is 2.34. The summed E-state index contributed by atoms with van der Waals surface area (Å²) in [5.41, 5.74) is 7.68. The van der Waals surface area contributed by atoms with E-state index in [4.69, 9.17) is 4.98 Å². The van der Waals surface area contributed by atoms with Crippen LogP contribution in [-0.2, 0) is 5.41 Å². The van der Waals surface area contributed by atoms with Gasteiger partial charge in [-0.1, -0.05) is 95.8 Å². The van der Waals surface area contributed by atoms with Crippen LogP contribution in [0.5, 0.6) is 0 Å². The number of benzene rings is 2. The van der Waals surface area contributed by atoms with Gasteiger partial charge in [-0.2, -0.15) is 0 Å². The summed E-state index contributed by atoms with van der Waals surface area (Å²) in [6.07, 6.45) is 8.04. The Morgan fingerprint density at radius 1 is 0.903 bits per heavy atom. The van der Waals surface area contributed by atoms with Crippen molar-refractivity contribution in [2.24, 2.45) is 0 Å². The molecule has 0 aliphatic heterocycles. The van der Waals surface area contributed by atoms with Crippen molar-refractivity contribution in [3.05, 3.63) is 71.0 Å². The summed E-state index contributed by atoms with van der Waals surface area (Å²) in [7, 11) is 0.500. The van der Waals surface area contributed by atoms with E-state index in [9.17, 15) is 4.39 Å². The Morgan fingerprint density at radius 3 is 1.94 bits per heavy atom. The molecule has 0 atom stereocenters. The summed E-state index contributed by atoms with van der Waals surface area (Å²) in [6, 6.07) is 13.1. The molecular formula is C28H41FN2. The fourth-order valence-electron chi connectivity index (χ4n) is 3.92. The molecule has 0 aliphatic rings. The lowest BCUT2D eigenvalue weighted by Gasteiger charge is -2.23. The van der Waals surface area contributed by atoms with Crippen LogP contribution in [0.25, 0.3) is 17.1 Å². The van der Waals surface area contributed by atoms with Gasteiger partial charge in [-0.05, 0) is 42.9 Å². The standard InChI is InChI=1S/C22H26N2.C5H12.CH3F/c1-15-13-16(2)20(17(3)14-15)24-12-11-23-21(24)18-9-7-8-10-19(18)22(4,5)6;1-3-5-4-2;1-2/h7-14H,1-6H3;3-5H2,1-2H3;1H3. The van der Waals surface area contributed by atoms with Crippen LogP contribution < -0.4 is 0 Å². The molecule has 0 saturated carbocycles. The lowest BCUT2D eigenvalue weighted by molar-refractivity contribution is 0.591. The average Bonchev–Trinajstić information content (AvgIpc) is 3.18. The van der Waals surface area contributed by atoms with Crippen LogP contribution >= 0.6 is 0 Å². The number of alkyl halides is 1. The lowest BCUT2D eigenvalue weighted by atomic mass is 9.83. The molecular weight excluding hydrogens is 383 g/mol. The van der Waals surface area contributed by atoms with Crippen molar-refractivity contribution in [2.45, 2.75) is 80.1 Å². The van der Waals surface area contributed by atoms with Gasteiger partial charge in [0.15, 0.2) is 0 Å². The normalized spacial score (nSPS) is 10.6. The number of hydrogen-bond donors (Lipinski definition) is 0. The van der Waals surface area contributed by atoms with Crippen molar-refractivity contribution in [2.75, 3.05) is 7.18 Å². The third kappa shape index (κ3) is 7.05. The first-order valence-electron chi connectivity index (χ1n) is 11.3. The van der Waals surface area contributed by atoms with Gasteiger partial charge in [-0.15, -0.1) is 0 Å². The number of aromatic nitrogens is 2. The second kappa shape index (κ2) is 12.4. The SMILES string of the molecule is CCCCC.CF.Cc1cc(C)c(-n2ccnc2-c2ccccc2C(C)(C)C)c(C)c1. The van der Waals surface area contributed by atoms with E-state index in [0.29, 0.717) is 7.18 Å². The molecule has 0 amide bonds. The third-order valence-corrected chi connectivity index (χ3v) is 5.20. The van der Waals surface area contributed by atoms with Gasteiger partial charge in [-0.3, -0.25) is 8.96 Å². The third-order valence-electron chi connectivity index (χ3n) is 5.20. The maximum atomic E-state index is 9.50. The van der Waals surface area contributed by atoms with E-state index in [1.165, 1.54) is 52.8 Å². The Hall–Kier alpha value is -2.42. The highest BCUT2D eigenvalue weighted by atomic mass is 19.1. The van der Waals surface area contributed by atoms with E-state index >= 15 is 0 Å². The van der Waals surface area contributed by atoms with Crippen LogP contribution in [0.15, 0.2) is 48.8 Å². The molecule has 0 spiro atoms. The summed E-state index contributed by atoms with van der Waals surface area (Å²) in [6.45, 7) is 17.7. The fraction of sp³-hybridized carbons (Fsp3) is 0.464. The average molecular weight is 425 g/mol. The molecule has 0 N–H and O–H groups in total. The van der Waals surface area contributed by atoms with Gasteiger partial charge in [-0.25, -0.2) is 4.98 Å². The lowest BCUT2D eigenvalue weighted by Crippen LogP contribution is -2.14. The van der Waals surface area contributed by atoms with Gasteiger partial charge in [0.2, 0.25) is 0 Å². The van der Waals surface area contributed by atoms with Gasteiger partial charge in [0, 0.05) is 18.0 Å². The van der Waals surface area contributed by atoms with Gasteiger partial charge in [0.1, 0.15) is 5.82 Å². The molecule has 3 aromatic rings. The van der Waals surface area contributed by atoms with Crippen molar-refractivity contribution < 1.29 is 4.39 Å². The molecule has 1 heterocycles. The van der Waals surface area contributed by atoms with E-state index in [1.807, 2.05) is 6.20 Å². The minimum atomic E-state index is 0.0741. The molecule has 3 rings (SSSR count). The van der Waals surface area contributed by atoms with Gasteiger partial charge in [0.25, 0.3) is 0 Å². The molecule has 0 radical (unpaired) electrons. The molecule has 0 saturated heterocycles. The summed E-state index contributed by atoms with van der Waals surface area (Å²) in [4.78, 5) is 4.70. The molecule has 2 aromatic carbocycles. The number of aryl methyl sites for hydroxylation is 3. The van der Waals surface area contributed by atoms with E-state index < -0.39 is 0 Å². The largest absolute Gasteiger partial charge is 0.299 e. The smallest absolute Gasteiger partial charge is 0.144 e. The second-order valence-electron chi connectivity index (χ2n) is 9.02. The minimum Gasteiger partial charge on any atom is -0.299 e. The van der Waals surface area contributed by atoms with Gasteiger partial charge < -0.3 is 0 Å². The van der Waals surface area contributed by atoms with E-state index in [1.54, 1.807) is 0 Å². The quantitative estimate of drug-likeness (QED) is 0.410. The monoisotopic (exact) mass is 424 g/mol. The maximum absolute atomic E-state index is 9.50. The van der Waals surface area contributed by atoms with Crippen molar-refractivity contribution >= 4 is 0 Å². The highest BCUT2D eigenvalue weighted by Gasteiger charge is 2.21. The highest BCUT2D eigenvalue weighted by molar-refractivity contribution is 5.66. The topological polar surface area (TPSA) is 17.8 Å². The Morgan fingerprint density at radius 2 is 1.45 bits per heavy atom. The molecule has 170 valence electrons. The van der Waals surface area contributed by atoms with E-state index in [0.717, 1.165) is 5.82 Å². The minimum absolute atomic E-state index is 0.0741. The van der Waals surface area contributed by atoms with Gasteiger partial charge in [0.05, 0.1) is 12.9 Å². The molecule has 0 fully saturated rings. The van der Waals surface area contributed by atoms with E-state index in [-0.39, 0.29) is 5.41 Å². The van der Waals surface area contributed by atoms with Crippen LogP contribution in [-0.4, -0.2) is 16.7 Å². The zero-order valence-corrected chi connectivity index (χ0v) is 21.0. The Bertz CT molecular complexity index is 907. The summed E-state index contributed by atoms with van der Waals surface area (Å²) in [5, 5.41) is 0. The number of unbranched alkanes of at least 4 members (excludes halogenated alkanes) is 2. The zero-order valence-electron chi connectivity index (χ0n) is 21.0. The number of rotatable bonds is 4. The van der Waals surface area contributed by atoms with Crippen LogP contribution in [0.1, 0.15) is 76.1 Å². The summed E-state index contributed by atoms with van der Waals surface area (Å²) in [5.74, 6) is 1.01. The van der Waals surface area contributed by atoms with E-state index in [2.05, 4.69) is 103 Å². The number of hydrogen-bond acceptors (Lipinski definition) is 1. The predicted molar refractivity (Wildman–Crippen MR) is 134 cm³/mol. The number of halogens is 1. The molecule has 2 nitrogen and oxygen atoms in total. The van der Waals surface area contributed by atoms with Crippen molar-refractivity contribution in [3.8, 4) is 17.1 Å². The molecule has 0 aliphatic carbocycles. The first-order valence-corrected chi connectivity index (χ1v) is 11.3. The van der Waals surface area contributed by atoms with Crippen LogP contribution in [0.4, 0.5) is 4.39 Å². The number of imidazole rings is 1. The molecule has 1 aromatic heterocycles. The molecule has 31 heavy (non-hydrogen) atoms. The second-order valence-corrected chi connectivity index (χ2v) is 9.02. The summed E-state index contributed by atoms with van der Waals surface area (Å²) < 4.78 is 11.7. The maximum Gasteiger partial charge on any atom is 0.144 e. The zero-order chi connectivity index (χ0) is 23.6. The number of nitrogens with zero attached hydrogens (tertiary/aromatic N) is 2. The van der Waals surface area contributed by atoms with Gasteiger partial charge >= 0.3 is 0 Å². The van der Waals surface area contributed by atoms with Crippen LogP contribution in [0, 0.1) is 20.8 Å². The molecule has 3 heteroatoms. The predicted octanol–water partition coefficient (Wildman–Crippen LogP) is 8.54. The first-order chi connectivity index (χ1) is 14.7. The molecule has 0 bridgehead atoms. The Labute approximate surface area is 189 Å². The Kier molecular flexibility index (Phi) is 10.7. The summed E-state index contributed by atoms with van der Waals surface area (Å²) >= 11 is 0.